The number of benzene rings is 2. The first kappa shape index (κ1) is 24.8. The molecule has 4 aromatic rings. The van der Waals surface area contributed by atoms with Gasteiger partial charge in [0.2, 0.25) is 0 Å². The second kappa shape index (κ2) is 10.3. The van der Waals surface area contributed by atoms with Gasteiger partial charge in [-0.2, -0.15) is 0 Å². The number of rotatable bonds is 4. The predicted molar refractivity (Wildman–Crippen MR) is 148 cm³/mol. The quantitative estimate of drug-likeness (QED) is 0.284. The fraction of sp³-hybridized carbons (Fsp3) is 0.276. The van der Waals surface area contributed by atoms with Gasteiger partial charge in [0.25, 0.3) is 0 Å². The Morgan fingerprint density at radius 2 is 2.00 bits per heavy atom. The van der Waals surface area contributed by atoms with Gasteiger partial charge in [-0.05, 0) is 75.3 Å². The molecule has 0 bridgehead atoms. The van der Waals surface area contributed by atoms with E-state index in [1.54, 1.807) is 12.3 Å². The Labute approximate surface area is 221 Å². The van der Waals surface area contributed by atoms with Crippen molar-refractivity contribution < 1.29 is 4.74 Å². The van der Waals surface area contributed by atoms with E-state index in [0.717, 1.165) is 47.1 Å². The monoisotopic (exact) mass is 512 g/mol. The lowest BCUT2D eigenvalue weighted by Gasteiger charge is -2.41. The van der Waals surface area contributed by atoms with Crippen LogP contribution in [0.15, 0.2) is 61.1 Å². The summed E-state index contributed by atoms with van der Waals surface area (Å²) < 4.78 is 5.91. The zero-order valence-corrected chi connectivity index (χ0v) is 21.7. The first-order chi connectivity index (χ1) is 17.8. The zero-order valence-electron chi connectivity index (χ0n) is 20.9. The standard InChI is InChI=1S/C29H29ClN6O/c1-29(9-8-19-14-25-22(15-24(19)31)28(32)35-18-34-25)10-12-36(2)26(16-29)20-6-7-27(23(30)13-20)37-17-21-5-3-4-11-33-21/h3-7,11,13-15,18,26H,10,12,16-17,31H2,1-2H3,(H2,32,34,35). The van der Waals surface area contributed by atoms with Crippen molar-refractivity contribution in [2.75, 3.05) is 25.1 Å². The number of likely N-dealkylation sites (tertiary alicyclic amines) is 1. The van der Waals surface area contributed by atoms with E-state index in [-0.39, 0.29) is 11.5 Å². The highest BCUT2D eigenvalue weighted by atomic mass is 35.5. The van der Waals surface area contributed by atoms with Crippen LogP contribution in [0.1, 0.15) is 42.6 Å². The molecule has 37 heavy (non-hydrogen) atoms. The van der Waals surface area contributed by atoms with Crippen LogP contribution in [0.3, 0.4) is 0 Å². The molecule has 8 heteroatoms. The number of halogens is 1. The second-order valence-corrected chi connectivity index (χ2v) is 10.2. The summed E-state index contributed by atoms with van der Waals surface area (Å²) in [5.74, 6) is 7.91. The van der Waals surface area contributed by atoms with Crippen LogP contribution in [-0.2, 0) is 6.61 Å². The Kier molecular flexibility index (Phi) is 6.88. The fourth-order valence-electron chi connectivity index (χ4n) is 4.69. The van der Waals surface area contributed by atoms with Crippen LogP contribution in [0, 0.1) is 17.3 Å². The van der Waals surface area contributed by atoms with E-state index < -0.39 is 0 Å². The molecule has 2 aromatic heterocycles. The molecular weight excluding hydrogens is 484 g/mol. The Morgan fingerprint density at radius 1 is 1.14 bits per heavy atom. The fourth-order valence-corrected chi connectivity index (χ4v) is 4.94. The van der Waals surface area contributed by atoms with E-state index in [4.69, 9.17) is 27.8 Å². The Balaban J connectivity index is 1.35. The van der Waals surface area contributed by atoms with Crippen molar-refractivity contribution in [2.45, 2.75) is 32.4 Å². The maximum Gasteiger partial charge on any atom is 0.138 e. The van der Waals surface area contributed by atoms with Gasteiger partial charge in [0.1, 0.15) is 24.5 Å². The number of piperidine rings is 1. The van der Waals surface area contributed by atoms with Crippen molar-refractivity contribution >= 4 is 34.0 Å². The normalized spacial score (nSPS) is 19.8. The third-order valence-corrected chi connectivity index (χ3v) is 7.27. The van der Waals surface area contributed by atoms with Gasteiger partial charge in [-0.25, -0.2) is 9.97 Å². The number of nitrogens with zero attached hydrogens (tertiary/aromatic N) is 4. The lowest BCUT2D eigenvalue weighted by Crippen LogP contribution is -2.38. The third kappa shape index (κ3) is 5.46. The Bertz CT molecular complexity index is 1500. The molecular formula is C29H29ClN6O. The molecule has 0 spiro atoms. The van der Waals surface area contributed by atoms with E-state index in [0.29, 0.717) is 28.9 Å². The average molecular weight is 513 g/mol. The van der Waals surface area contributed by atoms with Crippen molar-refractivity contribution in [1.29, 1.82) is 0 Å². The number of ether oxygens (including phenoxy) is 1. The van der Waals surface area contributed by atoms with Crippen LogP contribution >= 0.6 is 11.6 Å². The van der Waals surface area contributed by atoms with Crippen LogP contribution in [0.2, 0.25) is 5.02 Å². The van der Waals surface area contributed by atoms with Crippen LogP contribution in [-0.4, -0.2) is 33.4 Å². The van der Waals surface area contributed by atoms with Gasteiger partial charge in [0.05, 0.1) is 16.2 Å². The number of fused-ring (bicyclic) bond motifs is 1. The lowest BCUT2D eigenvalue weighted by atomic mass is 9.75. The summed E-state index contributed by atoms with van der Waals surface area (Å²) in [6.07, 6.45) is 5.02. The number of hydrogen-bond acceptors (Lipinski definition) is 7. The van der Waals surface area contributed by atoms with Gasteiger partial charge in [0, 0.05) is 34.3 Å². The van der Waals surface area contributed by atoms with Crippen molar-refractivity contribution in [3.05, 3.63) is 82.9 Å². The highest BCUT2D eigenvalue weighted by Gasteiger charge is 2.35. The van der Waals surface area contributed by atoms with E-state index in [1.165, 1.54) is 6.33 Å². The number of anilines is 2. The SMILES string of the molecule is CN1CCC(C)(C#Cc2cc3ncnc(N)c3cc2N)CC1c1ccc(OCc2ccccn2)c(Cl)c1. The van der Waals surface area contributed by atoms with E-state index >= 15 is 0 Å². The van der Waals surface area contributed by atoms with Gasteiger partial charge in [-0.3, -0.25) is 9.88 Å². The molecule has 1 fully saturated rings. The molecule has 1 saturated heterocycles. The predicted octanol–water partition coefficient (Wildman–Crippen LogP) is 5.25. The molecule has 1 aliphatic rings. The summed E-state index contributed by atoms with van der Waals surface area (Å²) in [6.45, 7) is 3.50. The van der Waals surface area contributed by atoms with Crippen LogP contribution in [0.4, 0.5) is 11.5 Å². The summed E-state index contributed by atoms with van der Waals surface area (Å²) in [5.41, 5.74) is 16.1. The molecule has 1 aliphatic heterocycles. The average Bonchev–Trinajstić information content (AvgIpc) is 2.90. The van der Waals surface area contributed by atoms with Crippen molar-refractivity contribution in [3.63, 3.8) is 0 Å². The van der Waals surface area contributed by atoms with E-state index in [1.807, 2.05) is 36.4 Å². The number of nitrogen functional groups attached to an aromatic ring is 2. The molecule has 0 aliphatic carbocycles. The first-order valence-corrected chi connectivity index (χ1v) is 12.5. The molecule has 2 aromatic carbocycles. The molecule has 0 saturated carbocycles. The number of nitrogens with two attached hydrogens (primary N) is 2. The Hall–Kier alpha value is -3.86. The second-order valence-electron chi connectivity index (χ2n) is 9.78. The first-order valence-electron chi connectivity index (χ1n) is 12.2. The van der Waals surface area contributed by atoms with Gasteiger partial charge >= 0.3 is 0 Å². The van der Waals surface area contributed by atoms with Gasteiger partial charge < -0.3 is 16.2 Å². The molecule has 7 nitrogen and oxygen atoms in total. The van der Waals surface area contributed by atoms with Gasteiger partial charge in [-0.15, -0.1) is 0 Å². The Morgan fingerprint density at radius 3 is 2.78 bits per heavy atom. The molecule has 2 atom stereocenters. The lowest BCUT2D eigenvalue weighted by molar-refractivity contribution is 0.116. The molecule has 5 rings (SSSR count). The third-order valence-electron chi connectivity index (χ3n) is 6.97. The topological polar surface area (TPSA) is 103 Å². The van der Waals surface area contributed by atoms with E-state index in [9.17, 15) is 0 Å². The number of hydrogen-bond donors (Lipinski definition) is 2. The summed E-state index contributed by atoms with van der Waals surface area (Å²) in [4.78, 5) is 15.0. The summed E-state index contributed by atoms with van der Waals surface area (Å²) in [5, 5.41) is 1.32. The van der Waals surface area contributed by atoms with Gasteiger partial charge in [0.15, 0.2) is 0 Å². The molecule has 0 amide bonds. The minimum absolute atomic E-state index is 0.178. The van der Waals surface area contributed by atoms with E-state index in [2.05, 4.69) is 51.7 Å². The maximum absolute atomic E-state index is 6.63. The zero-order chi connectivity index (χ0) is 26.0. The molecule has 3 heterocycles. The summed E-state index contributed by atoms with van der Waals surface area (Å²) in [7, 11) is 2.14. The summed E-state index contributed by atoms with van der Waals surface area (Å²) in [6, 6.07) is 15.6. The largest absolute Gasteiger partial charge is 0.486 e. The molecule has 4 N–H and O–H groups in total. The summed E-state index contributed by atoms with van der Waals surface area (Å²) >= 11 is 6.63. The van der Waals surface area contributed by atoms with Crippen LogP contribution in [0.25, 0.3) is 10.9 Å². The van der Waals surface area contributed by atoms with Crippen molar-refractivity contribution in [2.24, 2.45) is 5.41 Å². The van der Waals surface area contributed by atoms with Crippen LogP contribution in [0.5, 0.6) is 5.75 Å². The van der Waals surface area contributed by atoms with Gasteiger partial charge in [-0.1, -0.05) is 35.6 Å². The maximum atomic E-state index is 6.63. The highest BCUT2D eigenvalue weighted by molar-refractivity contribution is 6.32. The van der Waals surface area contributed by atoms with Crippen LogP contribution < -0.4 is 16.2 Å². The smallest absolute Gasteiger partial charge is 0.138 e. The number of pyridine rings is 1. The minimum Gasteiger partial charge on any atom is -0.486 e. The number of aromatic nitrogens is 3. The van der Waals surface area contributed by atoms with Crippen molar-refractivity contribution in [3.8, 4) is 17.6 Å². The molecule has 0 radical (unpaired) electrons. The highest BCUT2D eigenvalue weighted by Crippen LogP contribution is 2.42. The minimum atomic E-state index is -0.191. The molecule has 2 unspecified atom stereocenters. The van der Waals surface area contributed by atoms with Crippen molar-refractivity contribution in [1.82, 2.24) is 19.9 Å². The molecule has 188 valence electrons.